The quantitative estimate of drug-likeness (QED) is 0.205. The maximum absolute atomic E-state index is 15.0. The Bertz CT molecular complexity index is 2190. The highest BCUT2D eigenvalue weighted by atomic mass is 31.2. The highest BCUT2D eigenvalue weighted by Crippen LogP contribution is 2.58. The first-order chi connectivity index (χ1) is 20.2. The number of nitrogens with zero attached hydrogens (tertiary/aromatic N) is 1. The van der Waals surface area contributed by atoms with Gasteiger partial charge >= 0.3 is 0 Å². The predicted octanol–water partition coefficient (Wildman–Crippen LogP) is 8.30. The first kappa shape index (κ1) is 22.7. The lowest BCUT2D eigenvalue weighted by atomic mass is 10.0. The first-order valence-corrected chi connectivity index (χ1v) is 15.3. The topological polar surface area (TPSA) is 40.5 Å². The van der Waals surface area contributed by atoms with E-state index in [0.717, 1.165) is 16.8 Å². The number of benzene rings is 6. The van der Waals surface area contributed by atoms with Gasteiger partial charge in [-0.3, -0.25) is 0 Å². The lowest BCUT2D eigenvalue weighted by Crippen LogP contribution is -2.34. The van der Waals surface area contributed by atoms with E-state index >= 15 is 4.57 Å². The van der Waals surface area contributed by atoms with Crippen molar-refractivity contribution in [1.29, 1.82) is 0 Å². The van der Waals surface area contributed by atoms with E-state index in [1.54, 1.807) is 0 Å². The van der Waals surface area contributed by atoms with E-state index in [1.807, 2.05) is 60.7 Å². The number of hydrogen-bond donors (Lipinski definition) is 0. The molecule has 0 saturated heterocycles. The van der Waals surface area contributed by atoms with Gasteiger partial charge in [0.15, 0.2) is 7.14 Å². The third kappa shape index (κ3) is 3.08. The SMILES string of the molecule is O=P12c3ccccc3Oc3cccc(c31)Oc1cc(-c3ccc(-n4c5ccccc5c5ccccc54)cc3)ccc12. The number of para-hydroxylation sites is 3. The molecule has 0 spiro atoms. The van der Waals surface area contributed by atoms with E-state index in [-0.39, 0.29) is 0 Å². The van der Waals surface area contributed by atoms with Crippen molar-refractivity contribution < 1.29 is 14.0 Å². The van der Waals surface area contributed by atoms with Gasteiger partial charge in [0.1, 0.15) is 28.3 Å². The van der Waals surface area contributed by atoms with Crippen LogP contribution in [0.15, 0.2) is 133 Å². The van der Waals surface area contributed by atoms with Crippen molar-refractivity contribution >= 4 is 44.9 Å². The lowest BCUT2D eigenvalue weighted by Gasteiger charge is -2.34. The van der Waals surface area contributed by atoms with E-state index < -0.39 is 7.14 Å². The first-order valence-electron chi connectivity index (χ1n) is 13.6. The van der Waals surface area contributed by atoms with Crippen LogP contribution in [0.3, 0.4) is 0 Å². The zero-order chi connectivity index (χ0) is 27.1. The molecule has 4 nitrogen and oxygen atoms in total. The van der Waals surface area contributed by atoms with Crippen molar-refractivity contribution in [2.75, 3.05) is 0 Å². The Kier molecular flexibility index (Phi) is 4.57. The molecule has 2 aliphatic heterocycles. The highest BCUT2D eigenvalue weighted by molar-refractivity contribution is 7.86. The molecular weight excluding hydrogens is 525 g/mol. The maximum Gasteiger partial charge on any atom is 0.185 e. The molecular formula is C36H22NO3P. The largest absolute Gasteiger partial charge is 0.456 e. The molecule has 9 rings (SSSR count). The molecule has 0 aliphatic carbocycles. The summed E-state index contributed by atoms with van der Waals surface area (Å²) in [5.41, 5.74) is 5.53. The summed E-state index contributed by atoms with van der Waals surface area (Å²) in [7, 11) is -3.17. The minimum absolute atomic E-state index is 0.590. The van der Waals surface area contributed by atoms with Gasteiger partial charge in [-0.15, -0.1) is 0 Å². The van der Waals surface area contributed by atoms with Crippen LogP contribution in [0.5, 0.6) is 23.0 Å². The Morgan fingerprint density at radius 3 is 1.78 bits per heavy atom. The average molecular weight is 548 g/mol. The third-order valence-corrected chi connectivity index (χ3v) is 11.4. The molecule has 194 valence electrons. The van der Waals surface area contributed by atoms with Crippen LogP contribution in [0.2, 0.25) is 0 Å². The number of rotatable bonds is 2. The van der Waals surface area contributed by atoms with E-state index in [0.29, 0.717) is 38.9 Å². The zero-order valence-corrected chi connectivity index (χ0v) is 22.7. The van der Waals surface area contributed by atoms with E-state index in [2.05, 4.69) is 77.4 Å². The monoisotopic (exact) mass is 547 g/mol. The number of ether oxygens (including phenoxy) is 2. The Balaban J connectivity index is 1.16. The molecule has 1 atom stereocenters. The summed E-state index contributed by atoms with van der Waals surface area (Å²) in [4.78, 5) is 0. The van der Waals surface area contributed by atoms with Gasteiger partial charge in [0.2, 0.25) is 0 Å². The van der Waals surface area contributed by atoms with Crippen LogP contribution < -0.4 is 25.4 Å². The van der Waals surface area contributed by atoms with Gasteiger partial charge in [-0.25, -0.2) is 0 Å². The summed E-state index contributed by atoms with van der Waals surface area (Å²) < 4.78 is 29.9. The van der Waals surface area contributed by atoms with Gasteiger partial charge in [-0.05, 0) is 71.8 Å². The van der Waals surface area contributed by atoms with Crippen LogP contribution in [0, 0.1) is 0 Å². The summed E-state index contributed by atoms with van der Waals surface area (Å²) in [6.07, 6.45) is 0. The predicted molar refractivity (Wildman–Crippen MR) is 166 cm³/mol. The minimum Gasteiger partial charge on any atom is -0.456 e. The third-order valence-electron chi connectivity index (χ3n) is 8.26. The van der Waals surface area contributed by atoms with Gasteiger partial charge in [0, 0.05) is 16.5 Å². The van der Waals surface area contributed by atoms with Crippen LogP contribution in [0.1, 0.15) is 0 Å². The number of fused-ring (bicyclic) bond motifs is 7. The summed E-state index contributed by atoms with van der Waals surface area (Å²) in [5, 5.41) is 4.56. The van der Waals surface area contributed by atoms with Gasteiger partial charge in [0.05, 0.1) is 21.6 Å². The Morgan fingerprint density at radius 1 is 0.488 bits per heavy atom. The van der Waals surface area contributed by atoms with E-state index in [9.17, 15) is 0 Å². The molecule has 0 saturated carbocycles. The van der Waals surface area contributed by atoms with Crippen molar-refractivity contribution in [3.63, 3.8) is 0 Å². The molecule has 1 aromatic heterocycles. The molecule has 2 aliphatic rings. The molecule has 1 unspecified atom stereocenters. The molecule has 6 aromatic carbocycles. The molecule has 0 N–H and O–H groups in total. The van der Waals surface area contributed by atoms with Gasteiger partial charge in [-0.2, -0.15) is 0 Å². The second-order valence-corrected chi connectivity index (χ2v) is 13.1. The smallest absolute Gasteiger partial charge is 0.185 e. The molecule has 41 heavy (non-hydrogen) atoms. The van der Waals surface area contributed by atoms with Crippen LogP contribution in [-0.2, 0) is 4.57 Å². The zero-order valence-electron chi connectivity index (χ0n) is 21.8. The fourth-order valence-corrected chi connectivity index (χ4v) is 9.46. The molecule has 0 fully saturated rings. The number of hydrogen-bond acceptors (Lipinski definition) is 3. The van der Waals surface area contributed by atoms with Crippen LogP contribution in [0.4, 0.5) is 0 Å². The molecule has 5 heteroatoms. The molecule has 0 radical (unpaired) electrons. The molecule has 3 heterocycles. The summed E-state index contributed by atoms with van der Waals surface area (Å²) in [5.74, 6) is 2.45. The maximum atomic E-state index is 15.0. The van der Waals surface area contributed by atoms with Crippen LogP contribution in [-0.4, -0.2) is 4.57 Å². The van der Waals surface area contributed by atoms with Crippen molar-refractivity contribution in [2.24, 2.45) is 0 Å². The highest BCUT2D eigenvalue weighted by Gasteiger charge is 2.46. The van der Waals surface area contributed by atoms with Gasteiger partial charge in [-0.1, -0.05) is 72.8 Å². The summed E-state index contributed by atoms with van der Waals surface area (Å²) >= 11 is 0. The van der Waals surface area contributed by atoms with Crippen molar-refractivity contribution in [1.82, 2.24) is 4.57 Å². The van der Waals surface area contributed by atoms with Crippen LogP contribution >= 0.6 is 7.14 Å². The van der Waals surface area contributed by atoms with Crippen molar-refractivity contribution in [3.8, 4) is 39.8 Å². The Morgan fingerprint density at radius 2 is 1.05 bits per heavy atom. The summed E-state index contributed by atoms with van der Waals surface area (Å²) in [6, 6.07) is 44.9. The fraction of sp³-hybridized carbons (Fsp3) is 0. The van der Waals surface area contributed by atoms with Gasteiger partial charge in [0.25, 0.3) is 0 Å². The number of aromatic nitrogens is 1. The van der Waals surface area contributed by atoms with Crippen molar-refractivity contribution in [3.05, 3.63) is 133 Å². The second kappa shape index (κ2) is 8.23. The Labute approximate surface area is 236 Å². The minimum atomic E-state index is -3.17. The lowest BCUT2D eigenvalue weighted by molar-refractivity contribution is 0.462. The standard InChI is InChI=1S/C36H22NO3P/c38-41-34-15-6-5-12-30(34)39-31-13-7-14-32(36(31)41)40-33-22-24(18-21-35(33)41)23-16-19-25(20-17-23)37-28-10-3-1-8-26(28)27-9-2-4-11-29(27)37/h1-22H. The Hall–Kier alpha value is -5.05. The normalized spacial score (nSPS) is 16.4. The molecule has 0 bridgehead atoms. The second-order valence-electron chi connectivity index (χ2n) is 10.5. The van der Waals surface area contributed by atoms with E-state index in [4.69, 9.17) is 9.47 Å². The fourth-order valence-electron chi connectivity index (χ4n) is 6.43. The van der Waals surface area contributed by atoms with Gasteiger partial charge < -0.3 is 18.6 Å². The molecule has 0 amide bonds. The van der Waals surface area contributed by atoms with Crippen molar-refractivity contribution in [2.45, 2.75) is 0 Å². The summed E-state index contributed by atoms with van der Waals surface area (Å²) in [6.45, 7) is 0. The van der Waals surface area contributed by atoms with Crippen LogP contribution in [0.25, 0.3) is 38.6 Å². The van der Waals surface area contributed by atoms with E-state index in [1.165, 1.54) is 21.8 Å². The average Bonchev–Trinajstić information content (AvgIpc) is 3.36. The molecule has 7 aromatic rings.